The number of nitrogens with zero attached hydrogens (tertiary/aromatic N) is 4. The summed E-state index contributed by atoms with van der Waals surface area (Å²) in [5.41, 5.74) is 1.66. The molecule has 2 heterocycles. The highest BCUT2D eigenvalue weighted by Crippen LogP contribution is 2.22. The van der Waals surface area contributed by atoms with Crippen molar-refractivity contribution >= 4 is 11.6 Å². The predicted octanol–water partition coefficient (Wildman–Crippen LogP) is 4.14. The topological polar surface area (TPSA) is 81.9 Å². The first-order chi connectivity index (χ1) is 13.1. The van der Waals surface area contributed by atoms with E-state index in [-0.39, 0.29) is 11.8 Å². The minimum atomic E-state index is 0.0355. The second-order valence-corrected chi connectivity index (χ2v) is 6.26. The number of carbonyl (C=O) groups is 1. The number of carbonyl (C=O) groups excluding carboxylic acids is 1. The van der Waals surface area contributed by atoms with Gasteiger partial charge in [0.2, 0.25) is 11.8 Å². The molecule has 3 aromatic rings. The fraction of sp³-hybridized carbons (Fsp3) is 0.300. The van der Waals surface area contributed by atoms with Crippen LogP contribution in [0.25, 0.3) is 5.82 Å². The number of aryl methyl sites for hydroxylation is 1. The highest BCUT2D eigenvalue weighted by Gasteiger charge is 2.14. The molecule has 7 heteroatoms. The van der Waals surface area contributed by atoms with Crippen LogP contribution in [0.4, 0.5) is 5.69 Å². The quantitative estimate of drug-likeness (QED) is 0.680. The van der Waals surface area contributed by atoms with Crippen molar-refractivity contribution in [3.05, 3.63) is 54.4 Å². The van der Waals surface area contributed by atoms with Crippen LogP contribution in [-0.2, 0) is 4.79 Å². The number of anilines is 1. The van der Waals surface area contributed by atoms with E-state index in [1.165, 1.54) is 0 Å². The van der Waals surface area contributed by atoms with E-state index in [0.29, 0.717) is 17.4 Å². The Morgan fingerprint density at radius 1 is 1.07 bits per heavy atom. The first-order valence-corrected chi connectivity index (χ1v) is 9.04. The summed E-state index contributed by atoms with van der Waals surface area (Å²) in [6.45, 7) is 5.95. The lowest BCUT2D eigenvalue weighted by molar-refractivity contribution is -0.120. The van der Waals surface area contributed by atoms with Gasteiger partial charge >= 0.3 is 0 Å². The van der Waals surface area contributed by atoms with Crippen LogP contribution in [0.5, 0.6) is 11.6 Å². The molecule has 0 saturated heterocycles. The summed E-state index contributed by atoms with van der Waals surface area (Å²) in [6, 6.07) is 12.6. The van der Waals surface area contributed by atoms with Crippen LogP contribution in [-0.4, -0.2) is 25.9 Å². The fourth-order valence-corrected chi connectivity index (χ4v) is 2.66. The van der Waals surface area contributed by atoms with Gasteiger partial charge in [0.05, 0.1) is 5.69 Å². The first-order valence-electron chi connectivity index (χ1n) is 9.04. The molecule has 0 atom stereocenters. The molecular weight excluding hydrogens is 342 g/mol. The number of hydrogen-bond acceptors (Lipinski definition) is 5. The van der Waals surface area contributed by atoms with Crippen LogP contribution in [0, 0.1) is 12.8 Å². The van der Waals surface area contributed by atoms with Crippen LogP contribution in [0.3, 0.4) is 0 Å². The molecule has 1 N–H and O–H groups in total. The lowest BCUT2D eigenvalue weighted by Gasteiger charge is -2.13. The Balaban J connectivity index is 1.62. The maximum Gasteiger partial charge on any atom is 0.238 e. The van der Waals surface area contributed by atoms with Gasteiger partial charge in [0, 0.05) is 23.9 Å². The minimum absolute atomic E-state index is 0.0355. The number of benzene rings is 1. The zero-order valence-corrected chi connectivity index (χ0v) is 15.7. The number of ether oxygens (including phenoxy) is 1. The van der Waals surface area contributed by atoms with Gasteiger partial charge < -0.3 is 10.1 Å². The van der Waals surface area contributed by atoms with Crippen molar-refractivity contribution < 1.29 is 9.53 Å². The molecule has 7 nitrogen and oxygen atoms in total. The Morgan fingerprint density at radius 2 is 1.81 bits per heavy atom. The van der Waals surface area contributed by atoms with E-state index < -0.39 is 0 Å². The van der Waals surface area contributed by atoms with Crippen LogP contribution in [0.15, 0.2) is 48.7 Å². The maximum absolute atomic E-state index is 12.1. The van der Waals surface area contributed by atoms with Gasteiger partial charge in [-0.3, -0.25) is 4.79 Å². The third-order valence-corrected chi connectivity index (χ3v) is 4.28. The molecule has 0 aliphatic heterocycles. The van der Waals surface area contributed by atoms with Crippen molar-refractivity contribution in [1.82, 2.24) is 20.0 Å². The number of amides is 1. The van der Waals surface area contributed by atoms with Crippen LogP contribution in [0.2, 0.25) is 0 Å². The van der Waals surface area contributed by atoms with Gasteiger partial charge in [-0.15, -0.1) is 10.2 Å². The monoisotopic (exact) mass is 365 g/mol. The molecule has 1 amide bonds. The Hall–Kier alpha value is -3.22. The number of hydrogen-bond donors (Lipinski definition) is 1. The zero-order chi connectivity index (χ0) is 19.2. The molecule has 0 fully saturated rings. The van der Waals surface area contributed by atoms with E-state index in [0.717, 1.165) is 24.2 Å². The molecule has 0 aliphatic carbocycles. The lowest BCUT2D eigenvalue weighted by atomic mass is 10.0. The molecule has 3 rings (SSSR count). The Labute approximate surface area is 158 Å². The minimum Gasteiger partial charge on any atom is -0.438 e. The number of rotatable bonds is 7. The summed E-state index contributed by atoms with van der Waals surface area (Å²) in [5, 5.41) is 15.4. The SMILES string of the molecule is CCC(CC)C(=O)Nc1ccc(Oc2ccc(-n3ccc(C)n3)nn2)cc1. The molecule has 1 aromatic carbocycles. The van der Waals surface area contributed by atoms with Gasteiger partial charge in [-0.1, -0.05) is 13.8 Å². The molecule has 0 unspecified atom stereocenters. The van der Waals surface area contributed by atoms with E-state index in [2.05, 4.69) is 20.6 Å². The molecule has 0 aliphatic rings. The van der Waals surface area contributed by atoms with Crippen molar-refractivity contribution in [2.24, 2.45) is 5.92 Å². The van der Waals surface area contributed by atoms with E-state index in [9.17, 15) is 4.79 Å². The molecule has 0 saturated carbocycles. The highest BCUT2D eigenvalue weighted by molar-refractivity contribution is 5.92. The average Bonchev–Trinajstić information content (AvgIpc) is 3.11. The molecule has 0 radical (unpaired) electrons. The third kappa shape index (κ3) is 4.69. The van der Waals surface area contributed by atoms with Crippen molar-refractivity contribution in [2.45, 2.75) is 33.6 Å². The Kier molecular flexibility index (Phi) is 5.80. The molecule has 0 bridgehead atoms. The molecular formula is C20H23N5O2. The first kappa shape index (κ1) is 18.6. The predicted molar refractivity (Wildman–Crippen MR) is 103 cm³/mol. The summed E-state index contributed by atoms with van der Waals surface area (Å²) in [6.07, 6.45) is 3.49. The number of nitrogens with one attached hydrogen (secondary N) is 1. The van der Waals surface area contributed by atoms with Gasteiger partial charge in [0.25, 0.3) is 0 Å². The maximum atomic E-state index is 12.1. The third-order valence-electron chi connectivity index (χ3n) is 4.28. The smallest absolute Gasteiger partial charge is 0.238 e. The normalized spacial score (nSPS) is 10.8. The standard InChI is InChI=1S/C20H23N5O2/c1-4-15(5-2)20(26)21-16-6-8-17(9-7-16)27-19-11-10-18(22-23-19)25-13-12-14(3)24-25/h6-13,15H,4-5H2,1-3H3,(H,21,26). The number of aromatic nitrogens is 4. The van der Waals surface area contributed by atoms with Gasteiger partial charge in [-0.25, -0.2) is 4.68 Å². The van der Waals surface area contributed by atoms with Crippen molar-refractivity contribution in [1.29, 1.82) is 0 Å². The highest BCUT2D eigenvalue weighted by atomic mass is 16.5. The van der Waals surface area contributed by atoms with Crippen molar-refractivity contribution in [3.8, 4) is 17.4 Å². The van der Waals surface area contributed by atoms with Crippen molar-refractivity contribution in [2.75, 3.05) is 5.32 Å². The molecule has 27 heavy (non-hydrogen) atoms. The summed E-state index contributed by atoms with van der Waals surface area (Å²) in [5.74, 6) is 1.70. The molecule has 2 aromatic heterocycles. The summed E-state index contributed by atoms with van der Waals surface area (Å²) in [4.78, 5) is 12.1. The zero-order valence-electron chi connectivity index (χ0n) is 15.7. The second kappa shape index (κ2) is 8.44. The lowest BCUT2D eigenvalue weighted by Crippen LogP contribution is -2.21. The van der Waals surface area contributed by atoms with Gasteiger partial charge in [0.15, 0.2) is 5.82 Å². The summed E-state index contributed by atoms with van der Waals surface area (Å²) in [7, 11) is 0. The van der Waals surface area contributed by atoms with Gasteiger partial charge in [-0.2, -0.15) is 5.10 Å². The fourth-order valence-electron chi connectivity index (χ4n) is 2.66. The van der Waals surface area contributed by atoms with Gasteiger partial charge in [0.1, 0.15) is 5.75 Å². The van der Waals surface area contributed by atoms with Crippen LogP contribution < -0.4 is 10.1 Å². The molecule has 0 spiro atoms. The van der Waals surface area contributed by atoms with E-state index in [1.54, 1.807) is 28.9 Å². The van der Waals surface area contributed by atoms with E-state index >= 15 is 0 Å². The Morgan fingerprint density at radius 3 is 2.37 bits per heavy atom. The van der Waals surface area contributed by atoms with E-state index in [1.807, 2.05) is 45.2 Å². The Bertz CT molecular complexity index is 883. The van der Waals surface area contributed by atoms with Crippen LogP contribution in [0.1, 0.15) is 32.4 Å². The van der Waals surface area contributed by atoms with E-state index in [4.69, 9.17) is 4.74 Å². The average molecular weight is 365 g/mol. The summed E-state index contributed by atoms with van der Waals surface area (Å²) >= 11 is 0. The van der Waals surface area contributed by atoms with Crippen LogP contribution >= 0.6 is 0 Å². The second-order valence-electron chi connectivity index (χ2n) is 6.26. The molecule has 140 valence electrons. The van der Waals surface area contributed by atoms with Crippen molar-refractivity contribution in [3.63, 3.8) is 0 Å². The van der Waals surface area contributed by atoms with Gasteiger partial charge in [-0.05, 0) is 56.2 Å². The summed E-state index contributed by atoms with van der Waals surface area (Å²) < 4.78 is 7.36. The largest absolute Gasteiger partial charge is 0.438 e.